The Morgan fingerprint density at radius 3 is 2.38 bits per heavy atom. The Labute approximate surface area is 139 Å². The summed E-state index contributed by atoms with van der Waals surface area (Å²) in [4.78, 5) is 29.2. The summed E-state index contributed by atoms with van der Waals surface area (Å²) in [6, 6.07) is 11.8. The first-order valence-corrected chi connectivity index (χ1v) is 7.79. The highest BCUT2D eigenvalue weighted by molar-refractivity contribution is 6.23. The van der Waals surface area contributed by atoms with Crippen molar-refractivity contribution in [1.29, 1.82) is 0 Å². The average Bonchev–Trinajstić information content (AvgIpc) is 3.26. The number of hydrogen-bond donors (Lipinski definition) is 0. The second kappa shape index (κ2) is 5.36. The zero-order chi connectivity index (χ0) is 16.8. The summed E-state index contributed by atoms with van der Waals surface area (Å²) in [5.41, 5.74) is 0.582. The lowest BCUT2D eigenvalue weighted by Crippen LogP contribution is -2.39. The molecule has 2 aliphatic rings. The van der Waals surface area contributed by atoms with Gasteiger partial charge in [-0.3, -0.25) is 14.5 Å². The van der Waals surface area contributed by atoms with E-state index in [4.69, 9.17) is 10.8 Å². The Morgan fingerprint density at radius 1 is 1.04 bits per heavy atom. The van der Waals surface area contributed by atoms with Crippen molar-refractivity contribution in [2.45, 2.75) is 12.1 Å². The molecule has 2 saturated heterocycles. The van der Waals surface area contributed by atoms with Gasteiger partial charge in [0.25, 0.3) is 0 Å². The van der Waals surface area contributed by atoms with Crippen molar-refractivity contribution in [1.82, 2.24) is 4.90 Å². The molecule has 0 spiro atoms. The Bertz CT molecular complexity index is 822. The number of nitrogens with zero attached hydrogens (tertiary/aromatic N) is 2. The summed E-state index contributed by atoms with van der Waals surface area (Å²) in [5, 5.41) is 0. The summed E-state index contributed by atoms with van der Waals surface area (Å²) in [6.07, 6.45) is 7.25. The molecule has 2 aromatic rings. The minimum absolute atomic E-state index is 0.220. The number of imide groups is 1. The maximum absolute atomic E-state index is 13.1. The standard InChI is InChI=1S/C19H16N2O3/c1-3-13-15-16(17(20(13)2)14-10-7-11-24-14)19(23)21(18(15)22)12-8-5-4-6-9-12/h1,4-11,13,15-17H,2H3/t13-,15-,16-,17-/m0/s1. The van der Waals surface area contributed by atoms with Gasteiger partial charge in [0.05, 0.1) is 35.9 Å². The van der Waals surface area contributed by atoms with Crippen LogP contribution in [0.2, 0.25) is 0 Å². The van der Waals surface area contributed by atoms with E-state index in [9.17, 15) is 9.59 Å². The molecule has 4 rings (SSSR count). The Balaban J connectivity index is 1.81. The zero-order valence-corrected chi connectivity index (χ0v) is 13.1. The van der Waals surface area contributed by atoms with Crippen molar-refractivity contribution < 1.29 is 14.0 Å². The number of anilines is 1. The number of likely N-dealkylation sites (tertiary alicyclic amines) is 1. The van der Waals surface area contributed by atoms with Gasteiger partial charge in [0.2, 0.25) is 11.8 Å². The van der Waals surface area contributed by atoms with E-state index in [-0.39, 0.29) is 17.9 Å². The van der Waals surface area contributed by atoms with Gasteiger partial charge in [-0.15, -0.1) is 6.42 Å². The molecule has 0 unspecified atom stereocenters. The Morgan fingerprint density at radius 2 is 1.75 bits per heavy atom. The van der Waals surface area contributed by atoms with Crippen molar-refractivity contribution >= 4 is 17.5 Å². The summed E-state index contributed by atoms with van der Waals surface area (Å²) >= 11 is 0. The number of furan rings is 1. The quantitative estimate of drug-likeness (QED) is 0.628. The molecule has 0 aliphatic carbocycles. The highest BCUT2D eigenvalue weighted by atomic mass is 16.3. The molecule has 0 N–H and O–H groups in total. The van der Waals surface area contributed by atoms with Crippen molar-refractivity contribution in [3.63, 3.8) is 0 Å². The van der Waals surface area contributed by atoms with E-state index in [0.29, 0.717) is 11.4 Å². The minimum atomic E-state index is -0.553. The SMILES string of the molecule is C#C[C@H]1[C@@H]2C(=O)N(c3ccccc3)C(=O)[C@@H]2[C@H](c2ccco2)N1C. The van der Waals surface area contributed by atoms with Crippen LogP contribution in [0.1, 0.15) is 11.8 Å². The van der Waals surface area contributed by atoms with Crippen molar-refractivity contribution in [2.24, 2.45) is 11.8 Å². The highest BCUT2D eigenvalue weighted by Gasteiger charge is 2.62. The monoisotopic (exact) mass is 320 g/mol. The van der Waals surface area contributed by atoms with E-state index in [1.54, 1.807) is 36.6 Å². The van der Waals surface area contributed by atoms with Crippen LogP contribution >= 0.6 is 0 Å². The largest absolute Gasteiger partial charge is 0.468 e. The van der Waals surface area contributed by atoms with Crippen LogP contribution in [-0.4, -0.2) is 29.8 Å². The molecule has 0 radical (unpaired) electrons. The van der Waals surface area contributed by atoms with E-state index < -0.39 is 17.9 Å². The van der Waals surface area contributed by atoms with Crippen LogP contribution in [0.5, 0.6) is 0 Å². The molecule has 4 atom stereocenters. The third kappa shape index (κ3) is 1.87. The number of carbonyl (C=O) groups excluding carboxylic acids is 2. The molecule has 0 bridgehead atoms. The maximum atomic E-state index is 13.1. The summed E-state index contributed by atoms with van der Waals surface area (Å²) in [6.45, 7) is 0. The van der Waals surface area contributed by atoms with E-state index in [1.807, 2.05) is 24.1 Å². The molecule has 2 aliphatic heterocycles. The molecule has 2 fully saturated rings. The van der Waals surface area contributed by atoms with Gasteiger partial charge in [0.15, 0.2) is 0 Å². The van der Waals surface area contributed by atoms with E-state index >= 15 is 0 Å². The van der Waals surface area contributed by atoms with Gasteiger partial charge in [0.1, 0.15) is 5.76 Å². The molecule has 2 amide bonds. The lowest BCUT2D eigenvalue weighted by molar-refractivity contribution is -0.123. The number of para-hydroxylation sites is 1. The summed E-state index contributed by atoms with van der Waals surface area (Å²) in [5.74, 6) is 1.80. The molecule has 1 aromatic heterocycles. The Kier molecular flexibility index (Phi) is 3.29. The van der Waals surface area contributed by atoms with Crippen LogP contribution in [-0.2, 0) is 9.59 Å². The number of rotatable bonds is 2. The fourth-order valence-corrected chi connectivity index (χ4v) is 3.95. The fourth-order valence-electron chi connectivity index (χ4n) is 3.95. The number of terminal acetylenes is 1. The minimum Gasteiger partial charge on any atom is -0.468 e. The van der Waals surface area contributed by atoms with Crippen LogP contribution < -0.4 is 4.90 Å². The highest BCUT2D eigenvalue weighted by Crippen LogP contribution is 2.49. The summed E-state index contributed by atoms with van der Waals surface area (Å²) in [7, 11) is 1.84. The van der Waals surface area contributed by atoms with Crippen LogP contribution in [0.15, 0.2) is 53.1 Å². The lowest BCUT2D eigenvalue weighted by atomic mass is 9.88. The van der Waals surface area contributed by atoms with E-state index in [0.717, 1.165) is 0 Å². The first kappa shape index (κ1) is 14.7. The van der Waals surface area contributed by atoms with Gasteiger partial charge >= 0.3 is 0 Å². The lowest BCUT2D eigenvalue weighted by Gasteiger charge is -2.26. The molecule has 1 aromatic carbocycles. The summed E-state index contributed by atoms with van der Waals surface area (Å²) < 4.78 is 5.52. The van der Waals surface area contributed by atoms with Crippen LogP contribution in [0.3, 0.4) is 0 Å². The first-order chi connectivity index (χ1) is 11.6. The number of benzene rings is 1. The molecule has 120 valence electrons. The zero-order valence-electron chi connectivity index (χ0n) is 13.1. The number of amides is 2. The van der Waals surface area contributed by atoms with Gasteiger partial charge in [-0.2, -0.15) is 0 Å². The molecule has 5 nitrogen and oxygen atoms in total. The predicted molar refractivity (Wildman–Crippen MR) is 87.7 cm³/mol. The van der Waals surface area contributed by atoms with Gasteiger partial charge in [0, 0.05) is 0 Å². The van der Waals surface area contributed by atoms with Crippen LogP contribution in [0.4, 0.5) is 5.69 Å². The second-order valence-electron chi connectivity index (χ2n) is 6.14. The van der Waals surface area contributed by atoms with Gasteiger partial charge < -0.3 is 4.42 Å². The van der Waals surface area contributed by atoms with Gasteiger partial charge in [-0.05, 0) is 31.3 Å². The molecule has 3 heterocycles. The normalized spacial score (nSPS) is 29.8. The van der Waals surface area contributed by atoms with Crippen LogP contribution in [0.25, 0.3) is 0 Å². The maximum Gasteiger partial charge on any atom is 0.240 e. The van der Waals surface area contributed by atoms with Gasteiger partial charge in [-0.1, -0.05) is 24.1 Å². The van der Waals surface area contributed by atoms with E-state index in [2.05, 4.69) is 5.92 Å². The topological polar surface area (TPSA) is 53.8 Å². The van der Waals surface area contributed by atoms with E-state index in [1.165, 1.54) is 4.90 Å². The number of fused-ring (bicyclic) bond motifs is 1. The second-order valence-corrected chi connectivity index (χ2v) is 6.14. The number of carbonyl (C=O) groups is 2. The smallest absolute Gasteiger partial charge is 0.240 e. The van der Waals surface area contributed by atoms with Crippen molar-refractivity contribution in [3.8, 4) is 12.3 Å². The first-order valence-electron chi connectivity index (χ1n) is 7.79. The van der Waals surface area contributed by atoms with Crippen LogP contribution in [0, 0.1) is 24.2 Å². The molecule has 24 heavy (non-hydrogen) atoms. The fraction of sp³-hybridized carbons (Fsp3) is 0.263. The number of hydrogen-bond acceptors (Lipinski definition) is 4. The Hall–Kier alpha value is -2.84. The van der Waals surface area contributed by atoms with Crippen molar-refractivity contribution in [2.75, 3.05) is 11.9 Å². The molecule has 0 saturated carbocycles. The predicted octanol–water partition coefficient (Wildman–Crippen LogP) is 2.07. The van der Waals surface area contributed by atoms with Gasteiger partial charge in [-0.25, -0.2) is 4.90 Å². The molecule has 5 heteroatoms. The molecular weight excluding hydrogens is 304 g/mol. The van der Waals surface area contributed by atoms with Crippen molar-refractivity contribution in [3.05, 3.63) is 54.5 Å². The third-order valence-electron chi connectivity index (χ3n) is 4.98. The average molecular weight is 320 g/mol. The third-order valence-corrected chi connectivity index (χ3v) is 4.98. The molecular formula is C19H16N2O3.